The molecule has 1 saturated carbocycles. The Balaban J connectivity index is 2.18. The molecule has 0 amide bonds. The van der Waals surface area contributed by atoms with E-state index in [-0.39, 0.29) is 12.1 Å². The molecular weight excluding hydrogens is 324 g/mol. The summed E-state index contributed by atoms with van der Waals surface area (Å²) < 4.78 is 1.16. The van der Waals surface area contributed by atoms with Crippen LogP contribution in [0.25, 0.3) is 0 Å². The molecule has 1 aliphatic rings. The quantitative estimate of drug-likeness (QED) is 0.847. The molecule has 2 rings (SSSR count). The summed E-state index contributed by atoms with van der Waals surface area (Å²) >= 11 is 3.69. The van der Waals surface area contributed by atoms with Gasteiger partial charge in [-0.3, -0.25) is 4.90 Å². The summed E-state index contributed by atoms with van der Waals surface area (Å²) in [6.45, 7) is 6.90. The van der Waals surface area contributed by atoms with E-state index >= 15 is 0 Å². The predicted molar refractivity (Wildman–Crippen MR) is 94.3 cm³/mol. The summed E-state index contributed by atoms with van der Waals surface area (Å²) in [5, 5.41) is 0. The van der Waals surface area contributed by atoms with Gasteiger partial charge in [-0.15, -0.1) is 0 Å². The van der Waals surface area contributed by atoms with Crippen LogP contribution in [0.15, 0.2) is 28.7 Å². The van der Waals surface area contributed by atoms with Crippen molar-refractivity contribution in [1.82, 2.24) is 4.90 Å². The molecule has 1 aliphatic carbocycles. The minimum atomic E-state index is 0.114. The van der Waals surface area contributed by atoms with Crippen LogP contribution in [0.3, 0.4) is 0 Å². The number of likely N-dealkylation sites (N-methyl/N-ethyl adjacent to an activating group) is 1. The minimum absolute atomic E-state index is 0.114. The molecule has 2 N–H and O–H groups in total. The van der Waals surface area contributed by atoms with Gasteiger partial charge >= 0.3 is 0 Å². The van der Waals surface area contributed by atoms with E-state index in [9.17, 15) is 0 Å². The fraction of sp³-hybridized carbons (Fsp3) is 0.667. The highest BCUT2D eigenvalue weighted by Crippen LogP contribution is 2.39. The molecule has 0 radical (unpaired) electrons. The SMILES string of the molecule is CC(N)C(c1ccccc1Br)N(C)C1CCC(C)(C)CC1. The molecule has 0 spiro atoms. The first-order valence-corrected chi connectivity index (χ1v) is 8.83. The van der Waals surface area contributed by atoms with Crippen LogP contribution < -0.4 is 5.73 Å². The Morgan fingerprint density at radius 1 is 1.24 bits per heavy atom. The van der Waals surface area contributed by atoms with E-state index in [1.165, 1.54) is 31.2 Å². The number of hydrogen-bond acceptors (Lipinski definition) is 2. The molecule has 1 aromatic rings. The smallest absolute Gasteiger partial charge is 0.0507 e. The zero-order valence-corrected chi connectivity index (χ0v) is 15.4. The van der Waals surface area contributed by atoms with Gasteiger partial charge < -0.3 is 5.73 Å². The average molecular weight is 353 g/mol. The summed E-state index contributed by atoms with van der Waals surface area (Å²) in [7, 11) is 2.25. The summed E-state index contributed by atoms with van der Waals surface area (Å²) in [6.07, 6.45) is 5.17. The normalized spacial score (nSPS) is 22.2. The Morgan fingerprint density at radius 3 is 2.33 bits per heavy atom. The molecule has 1 fully saturated rings. The van der Waals surface area contributed by atoms with Crippen molar-refractivity contribution in [2.75, 3.05) is 7.05 Å². The van der Waals surface area contributed by atoms with Gasteiger partial charge in [0.1, 0.15) is 0 Å². The Morgan fingerprint density at radius 2 is 1.81 bits per heavy atom. The summed E-state index contributed by atoms with van der Waals surface area (Å²) in [5.74, 6) is 0. The van der Waals surface area contributed by atoms with E-state index < -0.39 is 0 Å². The van der Waals surface area contributed by atoms with Crippen LogP contribution >= 0.6 is 15.9 Å². The molecule has 2 atom stereocenters. The van der Waals surface area contributed by atoms with Crippen LogP contribution in [0.4, 0.5) is 0 Å². The van der Waals surface area contributed by atoms with Gasteiger partial charge in [-0.1, -0.05) is 48.0 Å². The number of nitrogens with zero attached hydrogens (tertiary/aromatic N) is 1. The van der Waals surface area contributed by atoms with E-state index in [0.29, 0.717) is 11.5 Å². The highest BCUT2D eigenvalue weighted by Gasteiger charge is 2.33. The monoisotopic (exact) mass is 352 g/mol. The third kappa shape index (κ3) is 4.08. The first kappa shape index (κ1) is 17.0. The van der Waals surface area contributed by atoms with Crippen LogP contribution in [0.1, 0.15) is 58.1 Å². The fourth-order valence-corrected chi connectivity index (χ4v) is 4.13. The Bertz CT molecular complexity index is 460. The number of hydrogen-bond donors (Lipinski definition) is 1. The van der Waals surface area contributed by atoms with E-state index in [4.69, 9.17) is 5.73 Å². The summed E-state index contributed by atoms with van der Waals surface area (Å²) in [6, 6.07) is 9.50. The molecule has 0 saturated heterocycles. The van der Waals surface area contributed by atoms with Gasteiger partial charge in [0, 0.05) is 16.6 Å². The van der Waals surface area contributed by atoms with Crippen molar-refractivity contribution in [2.45, 2.75) is 64.6 Å². The summed E-state index contributed by atoms with van der Waals surface area (Å²) in [5.41, 5.74) is 8.15. The lowest BCUT2D eigenvalue weighted by atomic mass is 9.75. The number of benzene rings is 1. The third-order valence-corrected chi connectivity index (χ3v) is 5.77. The Kier molecular flexibility index (Phi) is 5.50. The van der Waals surface area contributed by atoms with Crippen molar-refractivity contribution in [3.63, 3.8) is 0 Å². The molecule has 0 aromatic heterocycles. The van der Waals surface area contributed by atoms with Gasteiger partial charge in [0.2, 0.25) is 0 Å². The third-order valence-electron chi connectivity index (χ3n) is 5.05. The van der Waals surface area contributed by atoms with Gasteiger partial charge in [0.15, 0.2) is 0 Å². The highest BCUT2D eigenvalue weighted by atomic mass is 79.9. The molecular formula is C18H29BrN2. The predicted octanol–water partition coefficient (Wildman–Crippen LogP) is 4.74. The second-order valence-corrected chi connectivity index (χ2v) is 8.24. The van der Waals surface area contributed by atoms with Gasteiger partial charge in [-0.25, -0.2) is 0 Å². The van der Waals surface area contributed by atoms with Gasteiger partial charge in [0.25, 0.3) is 0 Å². The van der Waals surface area contributed by atoms with Crippen molar-refractivity contribution >= 4 is 15.9 Å². The van der Waals surface area contributed by atoms with Crippen LogP contribution in [-0.4, -0.2) is 24.0 Å². The van der Waals surface area contributed by atoms with E-state index in [0.717, 1.165) is 4.47 Å². The molecule has 3 heteroatoms. The second-order valence-electron chi connectivity index (χ2n) is 7.39. The van der Waals surface area contributed by atoms with Crippen LogP contribution in [-0.2, 0) is 0 Å². The van der Waals surface area contributed by atoms with Crippen molar-refractivity contribution < 1.29 is 0 Å². The first-order valence-electron chi connectivity index (χ1n) is 8.04. The van der Waals surface area contributed by atoms with E-state index in [1.54, 1.807) is 0 Å². The number of halogens is 1. The van der Waals surface area contributed by atoms with E-state index in [2.05, 4.69) is 72.9 Å². The lowest BCUT2D eigenvalue weighted by molar-refractivity contribution is 0.0854. The van der Waals surface area contributed by atoms with Crippen molar-refractivity contribution in [1.29, 1.82) is 0 Å². The highest BCUT2D eigenvalue weighted by molar-refractivity contribution is 9.10. The maximum Gasteiger partial charge on any atom is 0.0507 e. The van der Waals surface area contributed by atoms with Crippen LogP contribution in [0, 0.1) is 5.41 Å². The topological polar surface area (TPSA) is 29.3 Å². The largest absolute Gasteiger partial charge is 0.326 e. The molecule has 118 valence electrons. The van der Waals surface area contributed by atoms with E-state index in [1.807, 2.05) is 0 Å². The van der Waals surface area contributed by atoms with Gasteiger partial charge in [-0.2, -0.15) is 0 Å². The van der Waals surface area contributed by atoms with Gasteiger partial charge in [0.05, 0.1) is 6.04 Å². The molecule has 2 unspecified atom stereocenters. The Labute approximate surface area is 138 Å². The second kappa shape index (κ2) is 6.80. The lowest BCUT2D eigenvalue weighted by Gasteiger charge is -2.43. The zero-order chi connectivity index (χ0) is 15.6. The minimum Gasteiger partial charge on any atom is -0.326 e. The number of nitrogens with two attached hydrogens (primary N) is 1. The van der Waals surface area contributed by atoms with Crippen molar-refractivity contribution in [3.05, 3.63) is 34.3 Å². The molecule has 2 nitrogen and oxygen atoms in total. The van der Waals surface area contributed by atoms with Crippen LogP contribution in [0.2, 0.25) is 0 Å². The van der Waals surface area contributed by atoms with Crippen LogP contribution in [0.5, 0.6) is 0 Å². The molecule has 1 aromatic carbocycles. The maximum atomic E-state index is 6.34. The molecule has 0 bridgehead atoms. The van der Waals surface area contributed by atoms with Crippen molar-refractivity contribution in [3.8, 4) is 0 Å². The number of rotatable bonds is 4. The molecule has 0 heterocycles. The standard InChI is InChI=1S/C18H29BrN2/c1-13(20)17(15-7-5-6-8-16(15)19)21(4)14-9-11-18(2,3)12-10-14/h5-8,13-14,17H,9-12,20H2,1-4H3. The maximum absolute atomic E-state index is 6.34. The summed E-state index contributed by atoms with van der Waals surface area (Å²) in [4.78, 5) is 2.51. The average Bonchev–Trinajstić information content (AvgIpc) is 2.40. The van der Waals surface area contributed by atoms with Gasteiger partial charge in [-0.05, 0) is 56.7 Å². The molecule has 21 heavy (non-hydrogen) atoms. The lowest BCUT2D eigenvalue weighted by Crippen LogP contribution is -2.45. The van der Waals surface area contributed by atoms with Crippen molar-refractivity contribution in [2.24, 2.45) is 11.1 Å². The Hall–Kier alpha value is -0.380. The zero-order valence-electron chi connectivity index (χ0n) is 13.8. The fourth-order valence-electron chi connectivity index (χ4n) is 3.61. The first-order chi connectivity index (χ1) is 9.82. The molecule has 0 aliphatic heterocycles.